The Labute approximate surface area is 168 Å². The molecule has 0 unspecified atom stereocenters. The third-order valence-electron chi connectivity index (χ3n) is 4.86. The summed E-state index contributed by atoms with van der Waals surface area (Å²) in [6.45, 7) is 2.11. The maximum absolute atomic E-state index is 13.3. The van der Waals surface area contributed by atoms with Gasteiger partial charge in [-0.3, -0.25) is 4.79 Å². The van der Waals surface area contributed by atoms with E-state index in [-0.39, 0.29) is 11.7 Å². The van der Waals surface area contributed by atoms with Gasteiger partial charge in [-0.15, -0.1) is 0 Å². The zero-order valence-electron chi connectivity index (χ0n) is 16.1. The number of anilines is 2. The molecule has 0 radical (unpaired) electrons. The fourth-order valence-electron chi connectivity index (χ4n) is 3.23. The van der Waals surface area contributed by atoms with Gasteiger partial charge in [0.25, 0.3) is 5.91 Å². The smallest absolute Gasteiger partial charge is 0.259 e. The lowest BCUT2D eigenvalue weighted by atomic mass is 10.1. The summed E-state index contributed by atoms with van der Waals surface area (Å²) in [5.74, 6) is 0.481. The molecular formula is C22H21FN4O2. The number of nitrogens with zero attached hydrogens (tertiary/aromatic N) is 4. The maximum Gasteiger partial charge on any atom is 0.259 e. The number of benzene rings is 2. The van der Waals surface area contributed by atoms with E-state index in [2.05, 4.69) is 9.97 Å². The third kappa shape index (κ3) is 4.09. The largest absolute Gasteiger partial charge is 0.378 e. The van der Waals surface area contributed by atoms with Crippen LogP contribution in [0.15, 0.2) is 60.8 Å². The van der Waals surface area contributed by atoms with Crippen molar-refractivity contribution in [2.24, 2.45) is 0 Å². The van der Waals surface area contributed by atoms with Gasteiger partial charge in [0.05, 0.1) is 13.2 Å². The predicted octanol–water partition coefficient (Wildman–Crippen LogP) is 3.52. The van der Waals surface area contributed by atoms with Crippen molar-refractivity contribution < 1.29 is 13.9 Å². The summed E-state index contributed by atoms with van der Waals surface area (Å²) in [5.41, 5.74) is 2.00. The molecule has 2 heterocycles. The number of carbonyl (C=O) groups excluding carboxylic acids is 1. The van der Waals surface area contributed by atoms with Gasteiger partial charge in [0.2, 0.25) is 0 Å². The van der Waals surface area contributed by atoms with E-state index >= 15 is 0 Å². The minimum atomic E-state index is -0.325. The van der Waals surface area contributed by atoms with Crippen molar-refractivity contribution in [2.45, 2.75) is 0 Å². The Balaban J connectivity index is 1.77. The fraction of sp³-hybridized carbons (Fsp3) is 0.227. The highest BCUT2D eigenvalue weighted by Gasteiger charge is 2.25. The number of rotatable bonds is 4. The first-order chi connectivity index (χ1) is 14.1. The number of carbonyl (C=O) groups is 1. The molecule has 4 rings (SSSR count). The number of hydrogen-bond donors (Lipinski definition) is 0. The molecule has 1 amide bonds. The van der Waals surface area contributed by atoms with E-state index in [1.165, 1.54) is 12.1 Å². The fourth-order valence-corrected chi connectivity index (χ4v) is 3.23. The molecule has 1 saturated heterocycles. The minimum Gasteiger partial charge on any atom is -0.378 e. The van der Waals surface area contributed by atoms with Gasteiger partial charge < -0.3 is 14.5 Å². The molecule has 2 aromatic carbocycles. The van der Waals surface area contributed by atoms with E-state index in [4.69, 9.17) is 4.74 Å². The van der Waals surface area contributed by atoms with Gasteiger partial charge in [-0.25, -0.2) is 14.4 Å². The lowest BCUT2D eigenvalue weighted by Crippen LogP contribution is -2.41. The number of morpholine rings is 1. The maximum atomic E-state index is 13.3. The van der Waals surface area contributed by atoms with E-state index in [1.54, 1.807) is 23.2 Å². The van der Waals surface area contributed by atoms with Crippen molar-refractivity contribution in [1.82, 2.24) is 14.9 Å². The van der Waals surface area contributed by atoms with Crippen molar-refractivity contribution in [3.63, 3.8) is 0 Å². The van der Waals surface area contributed by atoms with Gasteiger partial charge in [0.15, 0.2) is 5.82 Å². The van der Waals surface area contributed by atoms with Crippen molar-refractivity contribution in [2.75, 3.05) is 38.3 Å². The van der Waals surface area contributed by atoms with E-state index < -0.39 is 0 Å². The topological polar surface area (TPSA) is 58.6 Å². The highest BCUT2D eigenvalue weighted by molar-refractivity contribution is 5.99. The monoisotopic (exact) mass is 392 g/mol. The van der Waals surface area contributed by atoms with Gasteiger partial charge in [-0.05, 0) is 36.4 Å². The third-order valence-corrected chi connectivity index (χ3v) is 4.86. The quantitative estimate of drug-likeness (QED) is 0.680. The predicted molar refractivity (Wildman–Crippen MR) is 109 cm³/mol. The van der Waals surface area contributed by atoms with Crippen LogP contribution < -0.4 is 4.90 Å². The molecule has 7 heteroatoms. The normalized spacial score (nSPS) is 13.9. The zero-order valence-corrected chi connectivity index (χ0v) is 16.1. The van der Waals surface area contributed by atoms with E-state index in [9.17, 15) is 9.18 Å². The molecule has 1 aromatic heterocycles. The van der Waals surface area contributed by atoms with Crippen molar-refractivity contribution >= 4 is 17.4 Å². The van der Waals surface area contributed by atoms with Gasteiger partial charge in [0.1, 0.15) is 17.2 Å². The molecule has 0 aliphatic carbocycles. The van der Waals surface area contributed by atoms with Crippen LogP contribution in [0.3, 0.4) is 0 Å². The van der Waals surface area contributed by atoms with Crippen molar-refractivity contribution in [1.29, 1.82) is 0 Å². The van der Waals surface area contributed by atoms with Crippen LogP contribution in [0.5, 0.6) is 0 Å². The summed E-state index contributed by atoms with van der Waals surface area (Å²) in [6, 6.07) is 15.7. The summed E-state index contributed by atoms with van der Waals surface area (Å²) >= 11 is 0. The summed E-state index contributed by atoms with van der Waals surface area (Å²) in [4.78, 5) is 25.8. The number of halogens is 1. The molecule has 6 nitrogen and oxygen atoms in total. The number of ether oxygens (including phenoxy) is 1. The second kappa shape index (κ2) is 8.36. The minimum absolute atomic E-state index is 0.128. The molecule has 148 valence electrons. The Kier molecular flexibility index (Phi) is 5.48. The molecular weight excluding hydrogens is 371 g/mol. The molecule has 0 spiro atoms. The molecule has 0 bridgehead atoms. The van der Waals surface area contributed by atoms with Crippen LogP contribution in [0, 0.1) is 5.82 Å². The van der Waals surface area contributed by atoms with Crippen molar-refractivity contribution in [3.8, 4) is 11.4 Å². The number of para-hydroxylation sites is 1. The van der Waals surface area contributed by atoms with Crippen LogP contribution in [0.2, 0.25) is 0 Å². The summed E-state index contributed by atoms with van der Waals surface area (Å²) in [7, 11) is 1.86. The number of hydrogen-bond acceptors (Lipinski definition) is 5. The van der Waals surface area contributed by atoms with Crippen LogP contribution >= 0.6 is 0 Å². The lowest BCUT2D eigenvalue weighted by molar-refractivity contribution is 0.0303. The average molecular weight is 392 g/mol. The number of aromatic nitrogens is 2. The summed E-state index contributed by atoms with van der Waals surface area (Å²) < 4.78 is 18.7. The second-order valence-corrected chi connectivity index (χ2v) is 6.74. The highest BCUT2D eigenvalue weighted by atomic mass is 19.1. The Hall–Kier alpha value is -3.32. The van der Waals surface area contributed by atoms with Crippen LogP contribution in [0.1, 0.15) is 10.4 Å². The average Bonchev–Trinajstić information content (AvgIpc) is 2.79. The highest BCUT2D eigenvalue weighted by Crippen LogP contribution is 2.28. The van der Waals surface area contributed by atoms with Crippen molar-refractivity contribution in [3.05, 3.63) is 72.2 Å². The molecule has 3 aromatic rings. The first kappa shape index (κ1) is 19.0. The SMILES string of the molecule is CN(c1ccccc1)c1nc(-c2ccc(F)cc2)ncc1C(=O)N1CCOCC1. The Morgan fingerprint density at radius 2 is 1.76 bits per heavy atom. The molecule has 1 fully saturated rings. The molecule has 0 saturated carbocycles. The molecule has 0 atom stereocenters. The number of amides is 1. The molecule has 1 aliphatic rings. The van der Waals surface area contributed by atoms with Gasteiger partial charge >= 0.3 is 0 Å². The summed E-state index contributed by atoms with van der Waals surface area (Å²) in [5, 5.41) is 0. The van der Waals surface area contributed by atoms with E-state index in [0.717, 1.165) is 5.69 Å². The Morgan fingerprint density at radius 1 is 1.07 bits per heavy atom. The van der Waals surface area contributed by atoms with Crippen LogP contribution in [-0.4, -0.2) is 54.1 Å². The van der Waals surface area contributed by atoms with Crippen LogP contribution in [-0.2, 0) is 4.74 Å². The molecule has 1 aliphatic heterocycles. The van der Waals surface area contributed by atoms with Crippen LogP contribution in [0.4, 0.5) is 15.9 Å². The Morgan fingerprint density at radius 3 is 2.45 bits per heavy atom. The van der Waals surface area contributed by atoms with E-state index in [1.807, 2.05) is 42.3 Å². The molecule has 0 N–H and O–H groups in total. The lowest BCUT2D eigenvalue weighted by Gasteiger charge is -2.28. The van der Waals surface area contributed by atoms with Gasteiger partial charge in [-0.2, -0.15) is 0 Å². The second-order valence-electron chi connectivity index (χ2n) is 6.74. The standard InChI is InChI=1S/C22H21FN4O2/c1-26(18-5-3-2-4-6-18)21-19(22(28)27-11-13-29-14-12-27)15-24-20(25-21)16-7-9-17(23)10-8-16/h2-10,15H,11-14H2,1H3. The zero-order chi connectivity index (χ0) is 20.2. The van der Waals surface area contributed by atoms with Gasteiger partial charge in [0, 0.05) is 37.6 Å². The Bertz CT molecular complexity index is 989. The van der Waals surface area contributed by atoms with Crippen LogP contribution in [0.25, 0.3) is 11.4 Å². The molecule has 29 heavy (non-hydrogen) atoms. The first-order valence-corrected chi connectivity index (χ1v) is 9.42. The summed E-state index contributed by atoms with van der Waals surface area (Å²) in [6.07, 6.45) is 1.55. The van der Waals surface area contributed by atoms with E-state index in [0.29, 0.717) is 49.1 Å². The van der Waals surface area contributed by atoms with Gasteiger partial charge in [-0.1, -0.05) is 18.2 Å². The first-order valence-electron chi connectivity index (χ1n) is 9.42.